The minimum absolute atomic E-state index is 0.663. The molecule has 0 atom stereocenters. The summed E-state index contributed by atoms with van der Waals surface area (Å²) in [7, 11) is 0. The predicted octanol–water partition coefficient (Wildman–Crippen LogP) is 1.47. The molecule has 1 aromatic heterocycles. The molecule has 2 rings (SSSR count). The van der Waals surface area contributed by atoms with Gasteiger partial charge in [0.25, 0.3) is 0 Å². The highest BCUT2D eigenvalue weighted by atomic mass is 16.5. The second-order valence-corrected chi connectivity index (χ2v) is 4.39. The molecule has 0 unspecified atom stereocenters. The standard InChI is InChI=1S/C12H19N3O/c1-9-10(2)14-8-15-12(9)16-7-11-3-5-13-6-4-11/h8,11,13H,3-7H2,1-2H3. The number of piperidine rings is 1. The molecule has 16 heavy (non-hydrogen) atoms. The quantitative estimate of drug-likeness (QED) is 0.839. The molecule has 1 saturated heterocycles. The summed E-state index contributed by atoms with van der Waals surface area (Å²) in [6.07, 6.45) is 3.96. The molecule has 1 aliphatic rings. The SMILES string of the molecule is Cc1ncnc(OCC2CCNCC2)c1C. The van der Waals surface area contributed by atoms with Gasteiger partial charge in [0.1, 0.15) is 6.33 Å². The third kappa shape index (κ3) is 2.70. The van der Waals surface area contributed by atoms with Crippen LogP contribution in [0.4, 0.5) is 0 Å². The molecule has 1 aliphatic heterocycles. The Bertz CT molecular complexity index is 348. The van der Waals surface area contributed by atoms with Crippen LogP contribution in [-0.2, 0) is 0 Å². The lowest BCUT2D eigenvalue weighted by Gasteiger charge is -2.22. The molecular formula is C12H19N3O. The molecule has 0 spiro atoms. The number of ether oxygens (including phenoxy) is 1. The summed E-state index contributed by atoms with van der Waals surface area (Å²) in [4.78, 5) is 8.31. The third-order valence-corrected chi connectivity index (χ3v) is 3.20. The molecule has 4 nitrogen and oxygen atoms in total. The maximum atomic E-state index is 5.78. The fourth-order valence-corrected chi connectivity index (χ4v) is 1.91. The van der Waals surface area contributed by atoms with Crippen molar-refractivity contribution in [2.45, 2.75) is 26.7 Å². The minimum atomic E-state index is 0.663. The van der Waals surface area contributed by atoms with Gasteiger partial charge < -0.3 is 10.1 Å². The van der Waals surface area contributed by atoms with E-state index in [0.717, 1.165) is 36.8 Å². The highest BCUT2D eigenvalue weighted by Gasteiger charge is 2.14. The molecule has 0 aliphatic carbocycles. The second kappa shape index (κ2) is 5.25. The molecule has 0 bridgehead atoms. The van der Waals surface area contributed by atoms with Gasteiger partial charge in [0, 0.05) is 11.3 Å². The normalized spacial score (nSPS) is 17.4. The zero-order valence-electron chi connectivity index (χ0n) is 9.99. The molecule has 0 saturated carbocycles. The Hall–Kier alpha value is -1.16. The van der Waals surface area contributed by atoms with Crippen LogP contribution in [0, 0.1) is 19.8 Å². The highest BCUT2D eigenvalue weighted by Crippen LogP contribution is 2.18. The fourth-order valence-electron chi connectivity index (χ4n) is 1.91. The van der Waals surface area contributed by atoms with Crippen molar-refractivity contribution in [1.82, 2.24) is 15.3 Å². The van der Waals surface area contributed by atoms with Gasteiger partial charge in [-0.2, -0.15) is 0 Å². The van der Waals surface area contributed by atoms with Gasteiger partial charge in [-0.3, -0.25) is 0 Å². The minimum Gasteiger partial charge on any atom is -0.477 e. The van der Waals surface area contributed by atoms with Gasteiger partial charge in [0.05, 0.1) is 6.61 Å². The van der Waals surface area contributed by atoms with Crippen LogP contribution in [0.5, 0.6) is 5.88 Å². The summed E-state index contributed by atoms with van der Waals surface area (Å²) in [6, 6.07) is 0. The van der Waals surface area contributed by atoms with Crippen molar-refractivity contribution in [3.05, 3.63) is 17.6 Å². The maximum absolute atomic E-state index is 5.78. The van der Waals surface area contributed by atoms with Gasteiger partial charge in [0.2, 0.25) is 5.88 Å². The van der Waals surface area contributed by atoms with Crippen molar-refractivity contribution in [1.29, 1.82) is 0 Å². The third-order valence-electron chi connectivity index (χ3n) is 3.20. The monoisotopic (exact) mass is 221 g/mol. The fraction of sp³-hybridized carbons (Fsp3) is 0.667. The Morgan fingerprint density at radius 1 is 1.31 bits per heavy atom. The van der Waals surface area contributed by atoms with E-state index >= 15 is 0 Å². The second-order valence-electron chi connectivity index (χ2n) is 4.39. The molecule has 1 N–H and O–H groups in total. The largest absolute Gasteiger partial charge is 0.477 e. The van der Waals surface area contributed by atoms with Crippen molar-refractivity contribution in [2.24, 2.45) is 5.92 Å². The van der Waals surface area contributed by atoms with Crippen LogP contribution in [-0.4, -0.2) is 29.7 Å². The van der Waals surface area contributed by atoms with E-state index in [1.165, 1.54) is 12.8 Å². The molecule has 2 heterocycles. The van der Waals surface area contributed by atoms with Crippen LogP contribution < -0.4 is 10.1 Å². The molecule has 0 radical (unpaired) electrons. The van der Waals surface area contributed by atoms with Gasteiger partial charge in [-0.25, -0.2) is 9.97 Å². The predicted molar refractivity (Wildman–Crippen MR) is 62.6 cm³/mol. The first kappa shape index (κ1) is 11.3. The number of hydrogen-bond acceptors (Lipinski definition) is 4. The average Bonchev–Trinajstić information content (AvgIpc) is 2.32. The molecule has 1 aromatic rings. The summed E-state index contributed by atoms with van der Waals surface area (Å²) in [6.45, 7) is 6.98. The van der Waals surface area contributed by atoms with Crippen molar-refractivity contribution in [3.63, 3.8) is 0 Å². The first-order chi connectivity index (χ1) is 7.77. The van der Waals surface area contributed by atoms with Crippen LogP contribution in [0.1, 0.15) is 24.1 Å². The Labute approximate surface area is 96.4 Å². The Morgan fingerprint density at radius 2 is 2.06 bits per heavy atom. The first-order valence-electron chi connectivity index (χ1n) is 5.89. The van der Waals surface area contributed by atoms with E-state index in [1.54, 1.807) is 6.33 Å². The molecule has 4 heteroatoms. The van der Waals surface area contributed by atoms with E-state index in [9.17, 15) is 0 Å². The average molecular weight is 221 g/mol. The number of rotatable bonds is 3. The number of nitrogens with zero attached hydrogens (tertiary/aromatic N) is 2. The van der Waals surface area contributed by atoms with Crippen LogP contribution in [0.3, 0.4) is 0 Å². The summed E-state index contributed by atoms with van der Waals surface area (Å²) in [5, 5.41) is 3.35. The molecule has 1 fully saturated rings. The van der Waals surface area contributed by atoms with E-state index in [-0.39, 0.29) is 0 Å². The number of nitrogens with one attached hydrogen (secondary N) is 1. The molecule has 88 valence electrons. The lowest BCUT2D eigenvalue weighted by molar-refractivity contribution is 0.207. The lowest BCUT2D eigenvalue weighted by atomic mass is 9.99. The summed E-state index contributed by atoms with van der Waals surface area (Å²) in [5.41, 5.74) is 2.05. The van der Waals surface area contributed by atoms with Gasteiger partial charge in [-0.05, 0) is 45.7 Å². The van der Waals surface area contributed by atoms with Crippen LogP contribution in [0.15, 0.2) is 6.33 Å². The summed E-state index contributed by atoms with van der Waals surface area (Å²) < 4.78 is 5.78. The van der Waals surface area contributed by atoms with Crippen molar-refractivity contribution in [3.8, 4) is 5.88 Å². The first-order valence-corrected chi connectivity index (χ1v) is 5.89. The maximum Gasteiger partial charge on any atom is 0.219 e. The zero-order chi connectivity index (χ0) is 11.4. The van der Waals surface area contributed by atoms with Crippen LogP contribution >= 0.6 is 0 Å². The van der Waals surface area contributed by atoms with Crippen molar-refractivity contribution < 1.29 is 4.74 Å². The van der Waals surface area contributed by atoms with E-state index in [4.69, 9.17) is 4.74 Å². The number of aryl methyl sites for hydroxylation is 1. The van der Waals surface area contributed by atoms with Crippen LogP contribution in [0.25, 0.3) is 0 Å². The lowest BCUT2D eigenvalue weighted by Crippen LogP contribution is -2.30. The number of aromatic nitrogens is 2. The highest BCUT2D eigenvalue weighted by molar-refractivity contribution is 5.26. The summed E-state index contributed by atoms with van der Waals surface area (Å²) >= 11 is 0. The smallest absolute Gasteiger partial charge is 0.219 e. The van der Waals surface area contributed by atoms with Gasteiger partial charge in [0.15, 0.2) is 0 Å². The van der Waals surface area contributed by atoms with E-state index in [1.807, 2.05) is 13.8 Å². The molecule has 0 aromatic carbocycles. The van der Waals surface area contributed by atoms with Gasteiger partial charge >= 0.3 is 0 Å². The van der Waals surface area contributed by atoms with E-state index < -0.39 is 0 Å². The van der Waals surface area contributed by atoms with Crippen LogP contribution in [0.2, 0.25) is 0 Å². The summed E-state index contributed by atoms with van der Waals surface area (Å²) in [5.74, 6) is 1.40. The Morgan fingerprint density at radius 3 is 2.81 bits per heavy atom. The zero-order valence-corrected chi connectivity index (χ0v) is 9.99. The molecule has 0 amide bonds. The topological polar surface area (TPSA) is 47.0 Å². The van der Waals surface area contributed by atoms with Gasteiger partial charge in [-0.1, -0.05) is 0 Å². The van der Waals surface area contributed by atoms with Crippen molar-refractivity contribution in [2.75, 3.05) is 19.7 Å². The van der Waals surface area contributed by atoms with E-state index in [0.29, 0.717) is 5.92 Å². The van der Waals surface area contributed by atoms with Gasteiger partial charge in [-0.15, -0.1) is 0 Å². The van der Waals surface area contributed by atoms with Crippen molar-refractivity contribution >= 4 is 0 Å². The Kier molecular flexibility index (Phi) is 3.72. The number of hydrogen-bond donors (Lipinski definition) is 1. The Balaban J connectivity index is 1.91. The van der Waals surface area contributed by atoms with E-state index in [2.05, 4.69) is 15.3 Å². The molecular weight excluding hydrogens is 202 g/mol.